The molecule has 3 rings (SSSR count). The summed E-state index contributed by atoms with van der Waals surface area (Å²) in [6.45, 7) is -2.53. The van der Waals surface area contributed by atoms with E-state index in [0.717, 1.165) is 6.07 Å². The lowest BCUT2D eigenvalue weighted by molar-refractivity contribution is -0.385. The lowest BCUT2D eigenvalue weighted by Gasteiger charge is -2.19. The number of carbonyl (C=O) groups excluding carboxylic acids is 1. The Hall–Kier alpha value is -3.63. The van der Waals surface area contributed by atoms with Crippen LogP contribution < -0.4 is 24.3 Å². The van der Waals surface area contributed by atoms with Crippen molar-refractivity contribution in [3.05, 3.63) is 51.6 Å². The predicted molar refractivity (Wildman–Crippen MR) is 94.9 cm³/mol. The molecule has 0 saturated carbocycles. The van der Waals surface area contributed by atoms with Crippen molar-refractivity contribution < 1.29 is 37.4 Å². The van der Waals surface area contributed by atoms with E-state index in [4.69, 9.17) is 14.2 Å². The number of fused-ring (bicyclic) bond motifs is 1. The van der Waals surface area contributed by atoms with Crippen LogP contribution in [0.4, 0.5) is 14.5 Å². The molecule has 2 aromatic carbocycles. The summed E-state index contributed by atoms with van der Waals surface area (Å²) in [6, 6.07) is 6.54. The van der Waals surface area contributed by atoms with Crippen molar-refractivity contribution in [2.24, 2.45) is 0 Å². The average molecular weight is 410 g/mol. The first kappa shape index (κ1) is 20.1. The fourth-order valence-corrected chi connectivity index (χ4v) is 2.70. The zero-order valence-corrected chi connectivity index (χ0v) is 15.1. The number of hydrogen-bond acceptors (Lipinski definition) is 7. The lowest BCUT2D eigenvalue weighted by atomic mass is 10.1. The summed E-state index contributed by atoms with van der Waals surface area (Å²) in [4.78, 5) is 23.2. The minimum absolute atomic E-state index is 0.0320. The molecule has 0 bridgehead atoms. The topological polar surface area (TPSA) is 109 Å². The van der Waals surface area contributed by atoms with E-state index in [1.807, 2.05) is 0 Å². The van der Waals surface area contributed by atoms with Gasteiger partial charge in [-0.2, -0.15) is 8.78 Å². The van der Waals surface area contributed by atoms with Crippen LogP contribution in [0.1, 0.15) is 15.9 Å². The van der Waals surface area contributed by atoms with Gasteiger partial charge in [0.1, 0.15) is 18.8 Å². The molecule has 0 spiro atoms. The van der Waals surface area contributed by atoms with Crippen LogP contribution in [0.15, 0.2) is 30.3 Å². The maximum atomic E-state index is 12.5. The van der Waals surface area contributed by atoms with Gasteiger partial charge >= 0.3 is 6.61 Å². The Morgan fingerprint density at radius 1 is 1.21 bits per heavy atom. The highest BCUT2D eigenvalue weighted by Crippen LogP contribution is 2.36. The third kappa shape index (κ3) is 4.62. The van der Waals surface area contributed by atoms with Gasteiger partial charge in [-0.1, -0.05) is 6.07 Å². The molecule has 0 saturated heterocycles. The van der Waals surface area contributed by atoms with Gasteiger partial charge in [0.05, 0.1) is 18.1 Å². The van der Waals surface area contributed by atoms with Crippen molar-refractivity contribution in [2.45, 2.75) is 13.2 Å². The Balaban J connectivity index is 1.78. The monoisotopic (exact) mass is 410 g/mol. The molecule has 9 nitrogen and oxygen atoms in total. The molecule has 0 atom stereocenters. The van der Waals surface area contributed by atoms with E-state index in [1.54, 1.807) is 0 Å². The second kappa shape index (κ2) is 8.59. The summed E-state index contributed by atoms with van der Waals surface area (Å²) in [5.74, 6) is -0.371. The molecule has 1 amide bonds. The molecule has 0 aromatic heterocycles. The van der Waals surface area contributed by atoms with Crippen LogP contribution >= 0.6 is 0 Å². The number of methoxy groups -OCH3 is 1. The Bertz CT molecular complexity index is 937. The lowest BCUT2D eigenvalue weighted by Crippen LogP contribution is -2.24. The van der Waals surface area contributed by atoms with Crippen LogP contribution in [0.2, 0.25) is 0 Å². The third-order valence-corrected chi connectivity index (χ3v) is 4.00. The minimum Gasteiger partial charge on any atom is -0.493 e. The maximum absolute atomic E-state index is 12.5. The smallest absolute Gasteiger partial charge is 0.387 e. The van der Waals surface area contributed by atoms with Crippen LogP contribution in [-0.2, 0) is 6.54 Å². The average Bonchev–Trinajstić information content (AvgIpc) is 2.71. The number of nitro benzene ring substituents is 1. The summed E-state index contributed by atoms with van der Waals surface area (Å²) in [5, 5.41) is 13.9. The molecule has 0 aliphatic carbocycles. The molecular formula is C18H16F2N2O7. The van der Waals surface area contributed by atoms with Crippen LogP contribution in [0.5, 0.6) is 23.0 Å². The predicted octanol–water partition coefficient (Wildman–Crippen LogP) is 2.91. The molecule has 154 valence electrons. The summed E-state index contributed by atoms with van der Waals surface area (Å²) < 4.78 is 44.8. The number of nitrogens with zero attached hydrogens (tertiary/aromatic N) is 1. The molecule has 2 aromatic rings. The first-order valence-corrected chi connectivity index (χ1v) is 8.37. The molecule has 1 aliphatic rings. The van der Waals surface area contributed by atoms with E-state index in [1.165, 1.54) is 31.4 Å². The quantitative estimate of drug-likeness (QED) is 0.552. The standard InChI is InChI=1S/C18H16F2N2O7/c1-26-14-6-10(2-3-13(14)29-18(19)20)9-21-17(23)11-7-15-16(28-5-4-27-15)8-12(11)22(24)25/h2-3,6-8,18H,4-5,9H2,1H3,(H,21,23). The highest BCUT2D eigenvalue weighted by Gasteiger charge is 2.26. The Morgan fingerprint density at radius 3 is 2.52 bits per heavy atom. The van der Waals surface area contributed by atoms with Crippen LogP contribution in [-0.4, -0.2) is 37.8 Å². The molecule has 0 radical (unpaired) electrons. The van der Waals surface area contributed by atoms with Gasteiger partial charge in [0.25, 0.3) is 11.6 Å². The molecule has 1 heterocycles. The van der Waals surface area contributed by atoms with Gasteiger partial charge in [0.15, 0.2) is 23.0 Å². The number of carbonyl (C=O) groups is 1. The van der Waals surface area contributed by atoms with Gasteiger partial charge in [-0.25, -0.2) is 0 Å². The number of hydrogen-bond donors (Lipinski definition) is 1. The molecule has 0 fully saturated rings. The summed E-state index contributed by atoms with van der Waals surface area (Å²) in [6.07, 6.45) is 0. The SMILES string of the molecule is COc1cc(CNC(=O)c2cc3c(cc2[N+](=O)[O-])OCCO3)ccc1OC(F)F. The first-order chi connectivity index (χ1) is 13.9. The fourth-order valence-electron chi connectivity index (χ4n) is 2.70. The van der Waals surface area contributed by atoms with Gasteiger partial charge in [0, 0.05) is 12.6 Å². The van der Waals surface area contributed by atoms with Crippen molar-refractivity contribution in [1.29, 1.82) is 0 Å². The number of rotatable bonds is 7. The largest absolute Gasteiger partial charge is 0.493 e. The summed E-state index contributed by atoms with van der Waals surface area (Å²) in [7, 11) is 1.29. The molecule has 29 heavy (non-hydrogen) atoms. The van der Waals surface area contributed by atoms with E-state index in [2.05, 4.69) is 10.1 Å². The number of benzene rings is 2. The van der Waals surface area contributed by atoms with E-state index >= 15 is 0 Å². The van der Waals surface area contributed by atoms with E-state index in [-0.39, 0.29) is 48.3 Å². The number of amides is 1. The number of nitrogens with one attached hydrogen (secondary N) is 1. The maximum Gasteiger partial charge on any atom is 0.387 e. The second-order valence-corrected chi connectivity index (χ2v) is 5.82. The second-order valence-electron chi connectivity index (χ2n) is 5.82. The Morgan fingerprint density at radius 2 is 1.90 bits per heavy atom. The van der Waals surface area contributed by atoms with Crippen molar-refractivity contribution in [3.8, 4) is 23.0 Å². The van der Waals surface area contributed by atoms with E-state index in [0.29, 0.717) is 5.56 Å². The van der Waals surface area contributed by atoms with Crippen molar-refractivity contribution in [3.63, 3.8) is 0 Å². The van der Waals surface area contributed by atoms with Gasteiger partial charge in [0.2, 0.25) is 0 Å². The van der Waals surface area contributed by atoms with Crippen molar-refractivity contribution >= 4 is 11.6 Å². The van der Waals surface area contributed by atoms with Gasteiger partial charge in [-0.05, 0) is 17.7 Å². The fraction of sp³-hybridized carbons (Fsp3) is 0.278. The normalized spacial score (nSPS) is 12.4. The summed E-state index contributed by atoms with van der Waals surface area (Å²) in [5.41, 5.74) is -0.106. The number of ether oxygens (including phenoxy) is 4. The summed E-state index contributed by atoms with van der Waals surface area (Å²) >= 11 is 0. The molecule has 1 N–H and O–H groups in total. The Kier molecular flexibility index (Phi) is 5.96. The van der Waals surface area contributed by atoms with Crippen LogP contribution in [0.25, 0.3) is 0 Å². The molecule has 0 unspecified atom stereocenters. The molecule has 1 aliphatic heterocycles. The third-order valence-electron chi connectivity index (χ3n) is 4.00. The molecule has 11 heteroatoms. The Labute approximate surface area is 163 Å². The van der Waals surface area contributed by atoms with Gasteiger partial charge < -0.3 is 24.3 Å². The zero-order chi connectivity index (χ0) is 21.0. The van der Waals surface area contributed by atoms with Crippen molar-refractivity contribution in [2.75, 3.05) is 20.3 Å². The van der Waals surface area contributed by atoms with E-state index in [9.17, 15) is 23.7 Å². The first-order valence-electron chi connectivity index (χ1n) is 8.37. The molecular weight excluding hydrogens is 394 g/mol. The van der Waals surface area contributed by atoms with Crippen LogP contribution in [0, 0.1) is 10.1 Å². The van der Waals surface area contributed by atoms with Crippen LogP contribution in [0.3, 0.4) is 0 Å². The highest BCUT2D eigenvalue weighted by atomic mass is 19.3. The van der Waals surface area contributed by atoms with Crippen molar-refractivity contribution in [1.82, 2.24) is 5.32 Å². The highest BCUT2D eigenvalue weighted by molar-refractivity contribution is 5.99. The van der Waals surface area contributed by atoms with E-state index < -0.39 is 23.1 Å². The number of alkyl halides is 2. The zero-order valence-electron chi connectivity index (χ0n) is 15.1. The van der Waals surface area contributed by atoms with Gasteiger partial charge in [-0.15, -0.1) is 0 Å². The minimum atomic E-state index is -3.01. The van der Waals surface area contributed by atoms with Gasteiger partial charge in [-0.3, -0.25) is 14.9 Å². The number of halogens is 2. The number of nitro groups is 1.